The molecule has 1 aliphatic rings. The molecule has 1 aliphatic heterocycles. The van der Waals surface area contributed by atoms with Gasteiger partial charge in [0.25, 0.3) is 5.56 Å². The Balaban J connectivity index is 1.36. The average Bonchev–Trinajstić information content (AvgIpc) is 2.91. The van der Waals surface area contributed by atoms with Gasteiger partial charge in [0.05, 0.1) is 17.6 Å². The van der Waals surface area contributed by atoms with Crippen LogP contribution >= 0.6 is 11.9 Å². The molecule has 34 heavy (non-hydrogen) atoms. The van der Waals surface area contributed by atoms with Crippen molar-refractivity contribution < 1.29 is 0 Å². The van der Waals surface area contributed by atoms with Crippen LogP contribution in [0.25, 0.3) is 5.69 Å². The molecule has 3 aromatic carbocycles. The Bertz CT molecular complexity index is 1250. The lowest BCUT2D eigenvalue weighted by Crippen LogP contribution is -2.45. The highest BCUT2D eigenvalue weighted by molar-refractivity contribution is 7.96. The van der Waals surface area contributed by atoms with Crippen LogP contribution in [0.2, 0.25) is 0 Å². The minimum atomic E-state index is -0.0477. The number of anilines is 1. The van der Waals surface area contributed by atoms with Gasteiger partial charge in [-0.25, -0.2) is 4.31 Å². The van der Waals surface area contributed by atoms with Gasteiger partial charge < -0.3 is 4.90 Å². The van der Waals surface area contributed by atoms with Crippen molar-refractivity contribution in [3.05, 3.63) is 124 Å². The Morgan fingerprint density at radius 2 is 1.32 bits per heavy atom. The Morgan fingerprint density at radius 3 is 1.97 bits per heavy atom. The zero-order chi connectivity index (χ0) is 23.2. The Hall–Kier alpha value is -3.35. The SMILES string of the molecule is O=c1c(Cc2ccccc2)c(N2CCN(SCc3ccccc3)CC2)cnn1-c1ccccc1. The number of piperazine rings is 1. The smallest absolute Gasteiger partial charge is 0.277 e. The topological polar surface area (TPSA) is 41.4 Å². The summed E-state index contributed by atoms with van der Waals surface area (Å²) in [6.45, 7) is 3.65. The fourth-order valence-corrected chi connectivity index (χ4v) is 5.22. The van der Waals surface area contributed by atoms with Crippen LogP contribution in [0.5, 0.6) is 0 Å². The fraction of sp³-hybridized carbons (Fsp3) is 0.214. The van der Waals surface area contributed by atoms with E-state index in [9.17, 15) is 4.79 Å². The lowest BCUT2D eigenvalue weighted by molar-refractivity contribution is 0.428. The van der Waals surface area contributed by atoms with Crippen LogP contribution in [0.4, 0.5) is 5.69 Å². The van der Waals surface area contributed by atoms with Gasteiger partial charge >= 0.3 is 0 Å². The number of hydrogen-bond donors (Lipinski definition) is 0. The Kier molecular flexibility index (Phi) is 7.08. The van der Waals surface area contributed by atoms with E-state index in [1.54, 1.807) is 0 Å². The molecule has 5 rings (SSSR count). The lowest BCUT2D eigenvalue weighted by atomic mass is 10.0. The number of aromatic nitrogens is 2. The molecule has 0 radical (unpaired) electrons. The Morgan fingerprint density at radius 1 is 0.735 bits per heavy atom. The first-order valence-corrected chi connectivity index (χ1v) is 12.6. The van der Waals surface area contributed by atoms with Crippen molar-refractivity contribution in [2.24, 2.45) is 0 Å². The van der Waals surface area contributed by atoms with Gasteiger partial charge in [-0.2, -0.15) is 9.78 Å². The van der Waals surface area contributed by atoms with E-state index >= 15 is 0 Å². The molecular weight excluding hydrogens is 440 g/mol. The number of hydrogen-bond acceptors (Lipinski definition) is 5. The largest absolute Gasteiger partial charge is 0.367 e. The van der Waals surface area contributed by atoms with Crippen LogP contribution in [-0.4, -0.2) is 40.3 Å². The third kappa shape index (κ3) is 5.24. The molecule has 1 aromatic heterocycles. The zero-order valence-electron chi connectivity index (χ0n) is 19.1. The first-order chi connectivity index (χ1) is 16.8. The van der Waals surface area contributed by atoms with Crippen molar-refractivity contribution in [2.75, 3.05) is 31.1 Å². The van der Waals surface area contributed by atoms with Gasteiger partial charge in [0.15, 0.2) is 0 Å². The minimum Gasteiger partial charge on any atom is -0.367 e. The van der Waals surface area contributed by atoms with E-state index in [1.165, 1.54) is 10.2 Å². The van der Waals surface area contributed by atoms with Crippen molar-refractivity contribution in [1.82, 2.24) is 14.1 Å². The second-order valence-electron chi connectivity index (χ2n) is 8.40. The fourth-order valence-electron chi connectivity index (χ4n) is 4.27. The third-order valence-electron chi connectivity index (χ3n) is 6.12. The molecule has 1 fully saturated rings. The standard InChI is InChI=1S/C28H28N4OS/c33-28-26(20-23-10-4-1-5-11-23)27(21-29-32(28)25-14-8-3-9-15-25)30-16-18-31(19-17-30)34-22-24-12-6-2-7-13-24/h1-15,21H,16-20,22H2. The van der Waals surface area contributed by atoms with E-state index in [4.69, 9.17) is 0 Å². The lowest BCUT2D eigenvalue weighted by Gasteiger charge is -2.36. The molecule has 0 aliphatic carbocycles. The number of rotatable bonds is 7. The van der Waals surface area contributed by atoms with Gasteiger partial charge in [-0.05, 0) is 23.3 Å². The molecule has 5 nitrogen and oxygen atoms in total. The first kappa shape index (κ1) is 22.4. The first-order valence-electron chi connectivity index (χ1n) is 11.7. The summed E-state index contributed by atoms with van der Waals surface area (Å²) in [6, 6.07) is 30.4. The van der Waals surface area contributed by atoms with Crippen molar-refractivity contribution in [3.63, 3.8) is 0 Å². The summed E-state index contributed by atoms with van der Waals surface area (Å²) in [5.74, 6) is 0.981. The predicted octanol–water partition coefficient (Wildman–Crippen LogP) is 4.79. The van der Waals surface area contributed by atoms with Crippen LogP contribution in [-0.2, 0) is 12.2 Å². The van der Waals surface area contributed by atoms with E-state index in [0.29, 0.717) is 6.42 Å². The van der Waals surface area contributed by atoms with E-state index in [0.717, 1.165) is 54.4 Å². The molecule has 0 bridgehead atoms. The summed E-state index contributed by atoms with van der Waals surface area (Å²) in [5, 5.41) is 4.56. The van der Waals surface area contributed by atoms with Crippen molar-refractivity contribution in [3.8, 4) is 5.69 Å². The molecule has 0 spiro atoms. The molecular formula is C28H28N4OS. The van der Waals surface area contributed by atoms with Gasteiger partial charge in [0, 0.05) is 43.9 Å². The minimum absolute atomic E-state index is 0.0477. The summed E-state index contributed by atoms with van der Waals surface area (Å²) in [7, 11) is 0. The van der Waals surface area contributed by atoms with Crippen LogP contribution in [0, 0.1) is 0 Å². The Labute approximate surface area is 204 Å². The summed E-state index contributed by atoms with van der Waals surface area (Å²) in [5.41, 5.74) is 4.96. The number of nitrogens with zero attached hydrogens (tertiary/aromatic N) is 4. The van der Waals surface area contributed by atoms with Gasteiger partial charge in [-0.1, -0.05) is 90.8 Å². The van der Waals surface area contributed by atoms with E-state index < -0.39 is 0 Å². The van der Waals surface area contributed by atoms with Gasteiger partial charge in [0.1, 0.15) is 0 Å². The monoisotopic (exact) mass is 468 g/mol. The quantitative estimate of drug-likeness (QED) is 0.365. The van der Waals surface area contributed by atoms with Crippen molar-refractivity contribution in [1.29, 1.82) is 0 Å². The molecule has 0 atom stereocenters. The second-order valence-corrected chi connectivity index (χ2v) is 9.46. The highest BCUT2D eigenvalue weighted by Gasteiger charge is 2.23. The molecule has 0 N–H and O–H groups in total. The summed E-state index contributed by atoms with van der Waals surface area (Å²) < 4.78 is 3.95. The summed E-state index contributed by atoms with van der Waals surface area (Å²) >= 11 is 1.88. The molecule has 4 aromatic rings. The zero-order valence-corrected chi connectivity index (χ0v) is 19.9. The highest BCUT2D eigenvalue weighted by atomic mass is 32.2. The molecule has 2 heterocycles. The van der Waals surface area contributed by atoms with Gasteiger partial charge in [-0.15, -0.1) is 0 Å². The summed E-state index contributed by atoms with van der Waals surface area (Å²) in [4.78, 5) is 15.9. The molecule has 0 amide bonds. The van der Waals surface area contributed by atoms with Crippen LogP contribution in [0.3, 0.4) is 0 Å². The molecule has 172 valence electrons. The highest BCUT2D eigenvalue weighted by Crippen LogP contribution is 2.25. The second kappa shape index (κ2) is 10.7. The molecule has 0 saturated carbocycles. The van der Waals surface area contributed by atoms with Crippen molar-refractivity contribution in [2.45, 2.75) is 12.2 Å². The maximum Gasteiger partial charge on any atom is 0.277 e. The average molecular weight is 469 g/mol. The molecule has 6 heteroatoms. The van der Waals surface area contributed by atoms with Gasteiger partial charge in [-0.3, -0.25) is 4.79 Å². The number of benzene rings is 3. The number of para-hydroxylation sites is 1. The van der Waals surface area contributed by atoms with Gasteiger partial charge in [0.2, 0.25) is 0 Å². The normalized spacial score (nSPS) is 14.3. The van der Waals surface area contributed by atoms with Crippen LogP contribution < -0.4 is 10.5 Å². The van der Waals surface area contributed by atoms with E-state index in [1.807, 2.05) is 66.7 Å². The maximum absolute atomic E-state index is 13.6. The molecule has 1 saturated heterocycles. The molecule has 0 unspecified atom stereocenters. The van der Waals surface area contributed by atoms with Crippen molar-refractivity contribution >= 4 is 17.6 Å². The van der Waals surface area contributed by atoms with Crippen LogP contribution in [0.1, 0.15) is 16.7 Å². The van der Waals surface area contributed by atoms with Crippen LogP contribution in [0.15, 0.2) is 102 Å². The predicted molar refractivity (Wildman–Crippen MR) is 141 cm³/mol. The maximum atomic E-state index is 13.6. The van der Waals surface area contributed by atoms with E-state index in [2.05, 4.69) is 56.8 Å². The van der Waals surface area contributed by atoms with E-state index in [-0.39, 0.29) is 5.56 Å². The third-order valence-corrected chi connectivity index (χ3v) is 7.31. The summed E-state index contributed by atoms with van der Waals surface area (Å²) in [6.07, 6.45) is 2.47.